The van der Waals surface area contributed by atoms with Crippen LogP contribution in [0.4, 0.5) is 4.39 Å². The van der Waals surface area contributed by atoms with E-state index >= 15 is 0 Å². The van der Waals surface area contributed by atoms with E-state index in [-0.39, 0.29) is 5.82 Å². The molecule has 25 heavy (non-hydrogen) atoms. The molecular formula is C22H23FN2. The van der Waals surface area contributed by atoms with Crippen molar-refractivity contribution in [1.29, 1.82) is 0 Å². The van der Waals surface area contributed by atoms with Gasteiger partial charge in [0, 0.05) is 23.9 Å². The lowest BCUT2D eigenvalue weighted by molar-refractivity contribution is 0.364. The molecule has 0 bridgehead atoms. The zero-order chi connectivity index (χ0) is 17.5. The Morgan fingerprint density at radius 1 is 1.08 bits per heavy atom. The quantitative estimate of drug-likeness (QED) is 0.554. The maximum Gasteiger partial charge on any atom is 0.159 e. The van der Waals surface area contributed by atoms with Crippen LogP contribution < -0.4 is 0 Å². The number of nitrogens with zero attached hydrogens (tertiary/aromatic N) is 2. The fourth-order valence-electron chi connectivity index (χ4n) is 3.11. The number of benzene rings is 1. The lowest BCUT2D eigenvalue weighted by Crippen LogP contribution is -2.11. The fourth-order valence-corrected chi connectivity index (χ4v) is 3.11. The predicted molar refractivity (Wildman–Crippen MR) is 99.2 cm³/mol. The largest absolute Gasteiger partial charge is 0.235 e. The van der Waals surface area contributed by atoms with Gasteiger partial charge in [-0.05, 0) is 62.3 Å². The number of aromatic nitrogens is 2. The minimum absolute atomic E-state index is 0.258. The highest BCUT2D eigenvalue weighted by atomic mass is 19.1. The third-order valence-corrected chi connectivity index (χ3v) is 4.59. The summed E-state index contributed by atoms with van der Waals surface area (Å²) in [5.74, 6) is 8.13. The van der Waals surface area contributed by atoms with Crippen molar-refractivity contribution in [2.24, 2.45) is 11.8 Å². The molecule has 0 saturated heterocycles. The highest BCUT2D eigenvalue weighted by molar-refractivity contribution is 5.54. The van der Waals surface area contributed by atoms with E-state index in [1.54, 1.807) is 24.5 Å². The summed E-state index contributed by atoms with van der Waals surface area (Å²) in [4.78, 5) is 8.69. The molecule has 0 N–H and O–H groups in total. The minimum Gasteiger partial charge on any atom is -0.235 e. The second-order valence-corrected chi connectivity index (χ2v) is 6.52. The molecule has 2 nitrogen and oxygen atoms in total. The lowest BCUT2D eigenvalue weighted by Gasteiger charge is -2.23. The molecule has 1 aromatic carbocycles. The number of hydrogen-bond donors (Lipinski definition) is 0. The number of halogens is 1. The van der Waals surface area contributed by atoms with Crippen molar-refractivity contribution in [3.05, 3.63) is 60.2 Å². The van der Waals surface area contributed by atoms with E-state index in [1.807, 2.05) is 0 Å². The van der Waals surface area contributed by atoms with E-state index in [9.17, 15) is 4.39 Å². The van der Waals surface area contributed by atoms with Gasteiger partial charge in [0.25, 0.3) is 0 Å². The summed E-state index contributed by atoms with van der Waals surface area (Å²) in [5, 5.41) is 0. The molecule has 0 radical (unpaired) electrons. The molecule has 1 aliphatic rings. The van der Waals surface area contributed by atoms with Gasteiger partial charge >= 0.3 is 0 Å². The summed E-state index contributed by atoms with van der Waals surface area (Å²) in [6, 6.07) is 6.19. The average Bonchev–Trinajstić information content (AvgIpc) is 2.67. The number of rotatable bonds is 3. The van der Waals surface area contributed by atoms with E-state index < -0.39 is 0 Å². The first-order valence-corrected chi connectivity index (χ1v) is 9.01. The highest BCUT2D eigenvalue weighted by Crippen LogP contribution is 2.29. The van der Waals surface area contributed by atoms with Crippen molar-refractivity contribution < 1.29 is 4.39 Å². The summed E-state index contributed by atoms with van der Waals surface area (Å²) >= 11 is 0. The van der Waals surface area contributed by atoms with Crippen LogP contribution in [-0.2, 0) is 0 Å². The van der Waals surface area contributed by atoms with Crippen LogP contribution in [0.2, 0.25) is 0 Å². The maximum atomic E-state index is 13.0. The Labute approximate surface area is 149 Å². The summed E-state index contributed by atoms with van der Waals surface area (Å²) in [6.45, 7) is 2.18. The van der Waals surface area contributed by atoms with Crippen molar-refractivity contribution in [2.75, 3.05) is 0 Å². The summed E-state index contributed by atoms with van der Waals surface area (Å²) in [7, 11) is 0. The molecule has 0 unspecified atom stereocenters. The second-order valence-electron chi connectivity index (χ2n) is 6.52. The Morgan fingerprint density at radius 3 is 2.40 bits per heavy atom. The van der Waals surface area contributed by atoms with Crippen LogP contribution in [0.1, 0.15) is 44.6 Å². The van der Waals surface area contributed by atoms with E-state index in [2.05, 4.69) is 40.9 Å². The van der Waals surface area contributed by atoms with Crippen LogP contribution in [0.3, 0.4) is 0 Å². The molecule has 0 spiro atoms. The first-order chi connectivity index (χ1) is 12.2. The van der Waals surface area contributed by atoms with E-state index in [0.29, 0.717) is 11.7 Å². The Balaban J connectivity index is 1.58. The molecule has 0 atom stereocenters. The molecule has 1 fully saturated rings. The molecule has 128 valence electrons. The van der Waals surface area contributed by atoms with E-state index in [1.165, 1.54) is 37.8 Å². The van der Waals surface area contributed by atoms with Crippen LogP contribution in [-0.4, -0.2) is 9.97 Å². The summed E-state index contributed by atoms with van der Waals surface area (Å²) < 4.78 is 13.0. The lowest BCUT2D eigenvalue weighted by atomic mass is 9.82. The van der Waals surface area contributed by atoms with Gasteiger partial charge < -0.3 is 0 Å². The zero-order valence-corrected chi connectivity index (χ0v) is 14.6. The molecule has 2 aromatic rings. The van der Waals surface area contributed by atoms with Gasteiger partial charge in [-0.25, -0.2) is 14.4 Å². The van der Waals surface area contributed by atoms with E-state index in [0.717, 1.165) is 23.5 Å². The first kappa shape index (κ1) is 17.4. The highest BCUT2D eigenvalue weighted by Gasteiger charge is 2.17. The third-order valence-electron chi connectivity index (χ3n) is 4.59. The van der Waals surface area contributed by atoms with Crippen LogP contribution >= 0.6 is 0 Å². The smallest absolute Gasteiger partial charge is 0.159 e. The minimum atomic E-state index is -0.258. The molecule has 0 aliphatic heterocycles. The van der Waals surface area contributed by atoms with Crippen molar-refractivity contribution in [3.63, 3.8) is 0 Å². The molecule has 1 heterocycles. The van der Waals surface area contributed by atoms with Gasteiger partial charge in [-0.1, -0.05) is 30.9 Å². The van der Waals surface area contributed by atoms with Gasteiger partial charge in [-0.3, -0.25) is 0 Å². The monoisotopic (exact) mass is 334 g/mol. The zero-order valence-electron chi connectivity index (χ0n) is 14.6. The third kappa shape index (κ3) is 5.00. The predicted octanol–water partition coefficient (Wildman–Crippen LogP) is 5.41. The topological polar surface area (TPSA) is 25.8 Å². The normalized spacial score (nSPS) is 20.2. The molecular weight excluding hydrogens is 311 g/mol. The molecule has 0 amide bonds. The first-order valence-electron chi connectivity index (χ1n) is 9.01. The van der Waals surface area contributed by atoms with Gasteiger partial charge in [0.15, 0.2) is 5.82 Å². The van der Waals surface area contributed by atoms with Crippen molar-refractivity contribution >= 4 is 0 Å². The Hall–Kier alpha value is -2.47. The van der Waals surface area contributed by atoms with Crippen molar-refractivity contribution in [3.8, 4) is 23.2 Å². The molecule has 1 aliphatic carbocycles. The standard InChI is InChI=1S/C22H23FN2/c1-2-3-4-17-5-7-18(8-6-17)9-10-19-15-24-22(25-16-19)20-11-13-21(23)14-12-20/h3-4,11-18H,2,5-8H2,1H3. The van der Waals surface area contributed by atoms with E-state index in [4.69, 9.17) is 0 Å². The maximum absolute atomic E-state index is 13.0. The summed E-state index contributed by atoms with van der Waals surface area (Å²) in [6.07, 6.45) is 14.0. The van der Waals surface area contributed by atoms with Gasteiger partial charge in [-0.15, -0.1) is 0 Å². The second kappa shape index (κ2) is 8.58. The average molecular weight is 334 g/mol. The SMILES string of the molecule is CCC=CC1CCC(C#Cc2cnc(-c3ccc(F)cc3)nc2)CC1. The van der Waals surface area contributed by atoms with Crippen molar-refractivity contribution in [1.82, 2.24) is 9.97 Å². The van der Waals surface area contributed by atoms with Gasteiger partial charge in [0.2, 0.25) is 0 Å². The van der Waals surface area contributed by atoms with Gasteiger partial charge in [-0.2, -0.15) is 0 Å². The van der Waals surface area contributed by atoms with Crippen LogP contribution in [0.15, 0.2) is 48.8 Å². The molecule has 3 heteroatoms. The van der Waals surface area contributed by atoms with Crippen molar-refractivity contribution in [2.45, 2.75) is 39.0 Å². The number of hydrogen-bond acceptors (Lipinski definition) is 2. The van der Waals surface area contributed by atoms with Crippen LogP contribution in [0.5, 0.6) is 0 Å². The Bertz CT molecular complexity index is 758. The van der Waals surface area contributed by atoms with Crippen LogP contribution in [0.25, 0.3) is 11.4 Å². The molecule has 1 aromatic heterocycles. The molecule has 1 saturated carbocycles. The van der Waals surface area contributed by atoms with Gasteiger partial charge in [0.1, 0.15) is 5.82 Å². The fraction of sp³-hybridized carbons (Fsp3) is 0.364. The Morgan fingerprint density at radius 2 is 1.76 bits per heavy atom. The Kier molecular flexibility index (Phi) is 5.95. The molecule has 3 rings (SSSR count). The van der Waals surface area contributed by atoms with Gasteiger partial charge in [0.05, 0.1) is 5.56 Å². The van der Waals surface area contributed by atoms with Crippen LogP contribution in [0, 0.1) is 29.5 Å². The summed E-state index contributed by atoms with van der Waals surface area (Å²) in [5.41, 5.74) is 1.64. The number of allylic oxidation sites excluding steroid dienone is 2.